The maximum atomic E-state index is 5.88. The minimum absolute atomic E-state index is 0.169. The van der Waals surface area contributed by atoms with Gasteiger partial charge in [-0.3, -0.25) is 4.98 Å². The van der Waals surface area contributed by atoms with Crippen LogP contribution in [0.5, 0.6) is 0 Å². The second kappa shape index (κ2) is 6.12. The van der Waals surface area contributed by atoms with Gasteiger partial charge in [-0.2, -0.15) is 0 Å². The number of aromatic nitrogens is 2. The Bertz CT molecular complexity index is 484. The number of nitrogens with zero attached hydrogens (tertiary/aromatic N) is 2. The van der Waals surface area contributed by atoms with Gasteiger partial charge in [0.05, 0.1) is 11.7 Å². The first kappa shape index (κ1) is 12.5. The molecule has 0 aromatic carbocycles. The van der Waals surface area contributed by atoms with Crippen molar-refractivity contribution >= 4 is 5.82 Å². The lowest BCUT2D eigenvalue weighted by molar-refractivity contribution is 0.537. The van der Waals surface area contributed by atoms with Crippen LogP contribution in [0.1, 0.15) is 24.2 Å². The van der Waals surface area contributed by atoms with Crippen molar-refractivity contribution in [3.8, 4) is 0 Å². The monoisotopic (exact) mass is 242 g/mol. The summed E-state index contributed by atoms with van der Waals surface area (Å²) >= 11 is 0. The lowest BCUT2D eigenvalue weighted by Crippen LogP contribution is -2.24. The Morgan fingerprint density at radius 2 is 2.00 bits per heavy atom. The second-order valence-corrected chi connectivity index (χ2v) is 4.12. The van der Waals surface area contributed by atoms with Crippen LogP contribution in [-0.2, 0) is 6.42 Å². The molecule has 0 radical (unpaired) electrons. The van der Waals surface area contributed by atoms with Crippen LogP contribution in [0.4, 0.5) is 5.82 Å². The fraction of sp³-hybridized carbons (Fsp3) is 0.286. The van der Waals surface area contributed by atoms with Gasteiger partial charge >= 0.3 is 0 Å². The van der Waals surface area contributed by atoms with Crippen molar-refractivity contribution in [2.75, 3.05) is 12.3 Å². The first-order valence-corrected chi connectivity index (χ1v) is 6.15. The van der Waals surface area contributed by atoms with E-state index in [0.717, 1.165) is 24.2 Å². The molecule has 94 valence electrons. The number of hydrogen-bond acceptors (Lipinski definition) is 4. The van der Waals surface area contributed by atoms with Crippen LogP contribution in [0, 0.1) is 0 Å². The van der Waals surface area contributed by atoms with E-state index in [4.69, 9.17) is 5.73 Å². The van der Waals surface area contributed by atoms with Crippen LogP contribution >= 0.6 is 0 Å². The van der Waals surface area contributed by atoms with Crippen LogP contribution in [0.2, 0.25) is 0 Å². The third-order valence-corrected chi connectivity index (χ3v) is 2.85. The summed E-state index contributed by atoms with van der Waals surface area (Å²) in [6.45, 7) is 2.98. The quantitative estimate of drug-likeness (QED) is 0.841. The highest BCUT2D eigenvalue weighted by molar-refractivity contribution is 5.39. The standard InChI is InChI=1S/C14H18N4/c1-2-16-13(12-7-3-4-8-17-12)10-11-6-5-9-18-14(11)15/h3-9,13,16H,2,10H2,1H3,(H2,15,18). The molecule has 3 N–H and O–H groups in total. The van der Waals surface area contributed by atoms with Gasteiger partial charge in [0.15, 0.2) is 0 Å². The molecule has 2 aromatic rings. The SMILES string of the molecule is CCNC(Cc1cccnc1N)c1ccccn1. The first-order chi connectivity index (χ1) is 8.81. The van der Waals surface area contributed by atoms with Gasteiger partial charge in [-0.1, -0.05) is 19.1 Å². The molecule has 0 spiro atoms. The summed E-state index contributed by atoms with van der Waals surface area (Å²) in [5.74, 6) is 0.594. The van der Waals surface area contributed by atoms with Crippen molar-refractivity contribution in [1.82, 2.24) is 15.3 Å². The molecule has 0 amide bonds. The molecule has 2 aromatic heterocycles. The molecule has 0 aliphatic heterocycles. The van der Waals surface area contributed by atoms with E-state index >= 15 is 0 Å². The predicted molar refractivity (Wildman–Crippen MR) is 73.0 cm³/mol. The van der Waals surface area contributed by atoms with E-state index in [1.165, 1.54) is 0 Å². The van der Waals surface area contributed by atoms with Gasteiger partial charge in [0.1, 0.15) is 5.82 Å². The van der Waals surface area contributed by atoms with Crippen molar-refractivity contribution in [1.29, 1.82) is 0 Å². The number of rotatable bonds is 5. The smallest absolute Gasteiger partial charge is 0.126 e. The molecule has 1 atom stereocenters. The largest absolute Gasteiger partial charge is 0.383 e. The summed E-state index contributed by atoms with van der Waals surface area (Å²) < 4.78 is 0. The van der Waals surface area contributed by atoms with Gasteiger partial charge < -0.3 is 11.1 Å². The Morgan fingerprint density at radius 1 is 1.17 bits per heavy atom. The van der Waals surface area contributed by atoms with Gasteiger partial charge in [-0.25, -0.2) is 4.98 Å². The fourth-order valence-electron chi connectivity index (χ4n) is 1.95. The van der Waals surface area contributed by atoms with Crippen LogP contribution in [0.25, 0.3) is 0 Å². The Hall–Kier alpha value is -1.94. The number of nitrogen functional groups attached to an aromatic ring is 1. The number of hydrogen-bond donors (Lipinski definition) is 2. The van der Waals surface area contributed by atoms with Crippen molar-refractivity contribution in [3.63, 3.8) is 0 Å². The van der Waals surface area contributed by atoms with E-state index in [1.807, 2.05) is 36.5 Å². The van der Waals surface area contributed by atoms with Gasteiger partial charge in [-0.15, -0.1) is 0 Å². The van der Waals surface area contributed by atoms with Crippen molar-refractivity contribution < 1.29 is 0 Å². The highest BCUT2D eigenvalue weighted by atomic mass is 14.9. The van der Waals surface area contributed by atoms with Gasteiger partial charge in [0.25, 0.3) is 0 Å². The van der Waals surface area contributed by atoms with E-state index in [0.29, 0.717) is 5.82 Å². The van der Waals surface area contributed by atoms with Crippen LogP contribution in [0.15, 0.2) is 42.7 Å². The number of likely N-dealkylation sites (N-methyl/N-ethyl adjacent to an activating group) is 1. The maximum Gasteiger partial charge on any atom is 0.126 e. The second-order valence-electron chi connectivity index (χ2n) is 4.12. The lowest BCUT2D eigenvalue weighted by atomic mass is 10.0. The molecule has 0 saturated heterocycles. The summed E-state index contributed by atoms with van der Waals surface area (Å²) in [6.07, 6.45) is 4.32. The van der Waals surface area contributed by atoms with E-state index in [2.05, 4.69) is 22.2 Å². The van der Waals surface area contributed by atoms with Crippen molar-refractivity contribution in [2.24, 2.45) is 0 Å². The maximum absolute atomic E-state index is 5.88. The van der Waals surface area contributed by atoms with Crippen molar-refractivity contribution in [2.45, 2.75) is 19.4 Å². The van der Waals surface area contributed by atoms with Gasteiger partial charge in [-0.05, 0) is 36.7 Å². The number of nitrogens with one attached hydrogen (secondary N) is 1. The molecule has 18 heavy (non-hydrogen) atoms. The molecule has 4 nitrogen and oxygen atoms in total. The lowest BCUT2D eigenvalue weighted by Gasteiger charge is -2.17. The minimum Gasteiger partial charge on any atom is -0.383 e. The van der Waals surface area contributed by atoms with E-state index in [9.17, 15) is 0 Å². The summed E-state index contributed by atoms with van der Waals surface area (Å²) in [5, 5.41) is 3.43. The first-order valence-electron chi connectivity index (χ1n) is 6.15. The predicted octanol–water partition coefficient (Wildman–Crippen LogP) is 1.95. The third-order valence-electron chi connectivity index (χ3n) is 2.85. The molecule has 0 aliphatic rings. The molecule has 0 bridgehead atoms. The third kappa shape index (κ3) is 3.05. The molecule has 0 saturated carbocycles. The van der Waals surface area contributed by atoms with Gasteiger partial charge in [0.2, 0.25) is 0 Å². The molecule has 2 rings (SSSR count). The van der Waals surface area contributed by atoms with E-state index < -0.39 is 0 Å². The average Bonchev–Trinajstić information content (AvgIpc) is 2.42. The molecule has 1 unspecified atom stereocenters. The molecular formula is C14H18N4. The van der Waals surface area contributed by atoms with Crippen LogP contribution < -0.4 is 11.1 Å². The fourth-order valence-corrected chi connectivity index (χ4v) is 1.95. The highest BCUT2D eigenvalue weighted by Crippen LogP contribution is 2.18. The summed E-state index contributed by atoms with van der Waals surface area (Å²) in [4.78, 5) is 8.52. The van der Waals surface area contributed by atoms with E-state index in [-0.39, 0.29) is 6.04 Å². The van der Waals surface area contributed by atoms with Gasteiger partial charge in [0, 0.05) is 12.4 Å². The molecular weight excluding hydrogens is 224 g/mol. The number of anilines is 1. The Morgan fingerprint density at radius 3 is 2.67 bits per heavy atom. The zero-order valence-corrected chi connectivity index (χ0v) is 10.5. The van der Waals surface area contributed by atoms with Crippen LogP contribution in [-0.4, -0.2) is 16.5 Å². The summed E-state index contributed by atoms with van der Waals surface area (Å²) in [7, 11) is 0. The van der Waals surface area contributed by atoms with E-state index in [1.54, 1.807) is 6.20 Å². The molecule has 0 aliphatic carbocycles. The topological polar surface area (TPSA) is 63.8 Å². The zero-order valence-electron chi connectivity index (χ0n) is 10.5. The van der Waals surface area contributed by atoms with Crippen LogP contribution in [0.3, 0.4) is 0 Å². The Kier molecular flexibility index (Phi) is 4.25. The summed E-state index contributed by atoms with van der Waals surface area (Å²) in [5.41, 5.74) is 7.96. The molecule has 0 fully saturated rings. The molecule has 4 heteroatoms. The molecule has 2 heterocycles. The normalized spacial score (nSPS) is 12.3. The van der Waals surface area contributed by atoms with Crippen molar-refractivity contribution in [3.05, 3.63) is 54.0 Å². The highest BCUT2D eigenvalue weighted by Gasteiger charge is 2.13. The summed E-state index contributed by atoms with van der Waals surface area (Å²) in [6, 6.07) is 10.0. The Labute approximate surface area is 107 Å². The number of pyridine rings is 2. The number of nitrogens with two attached hydrogens (primary N) is 1. The zero-order chi connectivity index (χ0) is 12.8. The average molecular weight is 242 g/mol. The minimum atomic E-state index is 0.169. The Balaban J connectivity index is 2.19.